The Morgan fingerprint density at radius 2 is 1.88 bits per heavy atom. The van der Waals surface area contributed by atoms with E-state index in [2.05, 4.69) is 26.8 Å². The van der Waals surface area contributed by atoms with Crippen LogP contribution in [0.25, 0.3) is 0 Å². The third-order valence-corrected chi connectivity index (χ3v) is 3.79. The molecule has 1 aliphatic rings. The highest BCUT2D eigenvalue weighted by atomic mass is 35.5. The highest BCUT2D eigenvalue weighted by Gasteiger charge is 2.41. The van der Waals surface area contributed by atoms with Crippen molar-refractivity contribution in [1.29, 1.82) is 0 Å². The van der Waals surface area contributed by atoms with Crippen LogP contribution in [-0.4, -0.2) is 20.3 Å². The zero-order chi connectivity index (χ0) is 11.9. The minimum atomic E-state index is -0.328. The fourth-order valence-corrected chi connectivity index (χ4v) is 2.82. The molecule has 0 spiro atoms. The molecule has 0 amide bonds. The summed E-state index contributed by atoms with van der Waals surface area (Å²) >= 11 is 6.55. The second-order valence-corrected chi connectivity index (χ2v) is 5.20. The lowest BCUT2D eigenvalue weighted by Gasteiger charge is -2.38. The van der Waals surface area contributed by atoms with E-state index in [1.54, 1.807) is 7.11 Å². The minimum Gasteiger partial charge on any atom is -0.496 e. The van der Waals surface area contributed by atoms with Gasteiger partial charge in [0, 0.05) is 0 Å². The van der Waals surface area contributed by atoms with E-state index in [0.29, 0.717) is 13.2 Å². The van der Waals surface area contributed by atoms with Crippen molar-refractivity contribution in [2.75, 3.05) is 20.3 Å². The number of hydrogen-bond donors (Lipinski definition) is 0. The lowest BCUT2D eigenvalue weighted by atomic mass is 9.86. The van der Waals surface area contributed by atoms with Crippen LogP contribution in [0.2, 0.25) is 0 Å². The SMILES string of the molecule is COc1cc(C)c(C2(Cl)COC2)c(C)c1C. The van der Waals surface area contributed by atoms with Gasteiger partial charge in [-0.05, 0) is 49.1 Å². The molecule has 0 atom stereocenters. The van der Waals surface area contributed by atoms with Gasteiger partial charge in [0.05, 0.1) is 20.3 Å². The summed E-state index contributed by atoms with van der Waals surface area (Å²) in [6.45, 7) is 7.44. The van der Waals surface area contributed by atoms with Crippen molar-refractivity contribution in [2.45, 2.75) is 25.6 Å². The fourth-order valence-electron chi connectivity index (χ4n) is 2.37. The Kier molecular flexibility index (Phi) is 2.89. The Labute approximate surface area is 102 Å². The summed E-state index contributed by atoms with van der Waals surface area (Å²) in [4.78, 5) is -0.328. The van der Waals surface area contributed by atoms with Gasteiger partial charge in [-0.25, -0.2) is 0 Å². The Hall–Kier alpha value is -0.730. The van der Waals surface area contributed by atoms with Gasteiger partial charge in [0.15, 0.2) is 0 Å². The van der Waals surface area contributed by atoms with E-state index in [1.165, 1.54) is 16.7 Å². The zero-order valence-corrected chi connectivity index (χ0v) is 10.9. The molecular formula is C13H17ClO2. The van der Waals surface area contributed by atoms with Gasteiger partial charge in [0.1, 0.15) is 10.6 Å². The Balaban J connectivity index is 2.58. The molecule has 16 heavy (non-hydrogen) atoms. The van der Waals surface area contributed by atoms with E-state index in [9.17, 15) is 0 Å². The first-order chi connectivity index (χ1) is 7.49. The van der Waals surface area contributed by atoms with Gasteiger partial charge in [0.25, 0.3) is 0 Å². The van der Waals surface area contributed by atoms with Crippen LogP contribution in [-0.2, 0) is 9.61 Å². The molecule has 1 aliphatic heterocycles. The average molecular weight is 241 g/mol. The highest BCUT2D eigenvalue weighted by Crippen LogP contribution is 2.42. The van der Waals surface area contributed by atoms with E-state index >= 15 is 0 Å². The molecule has 0 aliphatic carbocycles. The lowest BCUT2D eigenvalue weighted by molar-refractivity contribution is -0.0158. The monoisotopic (exact) mass is 240 g/mol. The van der Waals surface area contributed by atoms with Crippen LogP contribution in [0.15, 0.2) is 6.07 Å². The topological polar surface area (TPSA) is 18.5 Å². The van der Waals surface area contributed by atoms with Gasteiger partial charge in [-0.15, -0.1) is 11.6 Å². The van der Waals surface area contributed by atoms with Crippen LogP contribution in [0.5, 0.6) is 5.75 Å². The van der Waals surface area contributed by atoms with E-state index in [1.807, 2.05) is 0 Å². The first kappa shape index (κ1) is 11.7. The number of alkyl halides is 1. The number of hydrogen-bond acceptors (Lipinski definition) is 2. The van der Waals surface area contributed by atoms with Crippen molar-refractivity contribution in [3.05, 3.63) is 28.3 Å². The van der Waals surface area contributed by atoms with Crippen molar-refractivity contribution in [1.82, 2.24) is 0 Å². The first-order valence-corrected chi connectivity index (χ1v) is 5.79. The molecule has 1 saturated heterocycles. The van der Waals surface area contributed by atoms with Crippen LogP contribution in [0.1, 0.15) is 22.3 Å². The van der Waals surface area contributed by atoms with Crippen LogP contribution < -0.4 is 4.74 Å². The second-order valence-electron chi connectivity index (χ2n) is 4.48. The van der Waals surface area contributed by atoms with Gasteiger partial charge >= 0.3 is 0 Å². The average Bonchev–Trinajstić information content (AvgIpc) is 2.21. The van der Waals surface area contributed by atoms with Crippen LogP contribution in [0, 0.1) is 20.8 Å². The third kappa shape index (κ3) is 1.61. The molecule has 0 saturated carbocycles. The number of aryl methyl sites for hydroxylation is 1. The second kappa shape index (κ2) is 3.94. The summed E-state index contributed by atoms with van der Waals surface area (Å²) in [5, 5.41) is 0. The van der Waals surface area contributed by atoms with Crippen molar-refractivity contribution in [3.8, 4) is 5.75 Å². The molecule has 0 bridgehead atoms. The smallest absolute Gasteiger partial charge is 0.122 e. The predicted octanol–water partition coefficient (Wildman–Crippen LogP) is 3.08. The molecule has 2 rings (SSSR count). The number of benzene rings is 1. The molecule has 1 fully saturated rings. The maximum atomic E-state index is 6.55. The van der Waals surface area contributed by atoms with Crippen LogP contribution in [0.4, 0.5) is 0 Å². The largest absolute Gasteiger partial charge is 0.496 e. The molecule has 3 heteroatoms. The summed E-state index contributed by atoms with van der Waals surface area (Å²) < 4.78 is 10.6. The molecule has 1 heterocycles. The molecule has 0 radical (unpaired) electrons. The molecule has 0 unspecified atom stereocenters. The normalized spacial score (nSPS) is 18.1. The zero-order valence-electron chi connectivity index (χ0n) is 10.2. The molecule has 1 aromatic carbocycles. The van der Waals surface area contributed by atoms with Crippen molar-refractivity contribution in [3.63, 3.8) is 0 Å². The van der Waals surface area contributed by atoms with Gasteiger partial charge in [-0.1, -0.05) is 0 Å². The quantitative estimate of drug-likeness (QED) is 0.740. The van der Waals surface area contributed by atoms with Crippen molar-refractivity contribution >= 4 is 11.6 Å². The third-order valence-electron chi connectivity index (χ3n) is 3.38. The summed E-state index contributed by atoms with van der Waals surface area (Å²) in [6, 6.07) is 2.06. The highest BCUT2D eigenvalue weighted by molar-refractivity contribution is 6.25. The minimum absolute atomic E-state index is 0.328. The number of ether oxygens (including phenoxy) is 2. The lowest BCUT2D eigenvalue weighted by Crippen LogP contribution is -2.42. The van der Waals surface area contributed by atoms with Gasteiger partial charge < -0.3 is 9.47 Å². The van der Waals surface area contributed by atoms with Gasteiger partial charge in [-0.3, -0.25) is 0 Å². The summed E-state index contributed by atoms with van der Waals surface area (Å²) in [6.07, 6.45) is 0. The first-order valence-electron chi connectivity index (χ1n) is 5.41. The number of halogens is 1. The van der Waals surface area contributed by atoms with Crippen molar-refractivity contribution in [2.24, 2.45) is 0 Å². The van der Waals surface area contributed by atoms with Crippen molar-refractivity contribution < 1.29 is 9.47 Å². The molecule has 88 valence electrons. The Morgan fingerprint density at radius 1 is 1.25 bits per heavy atom. The Bertz CT molecular complexity index is 422. The van der Waals surface area contributed by atoms with E-state index in [0.717, 1.165) is 11.3 Å². The van der Waals surface area contributed by atoms with Gasteiger partial charge in [0.2, 0.25) is 0 Å². The maximum absolute atomic E-state index is 6.55. The fraction of sp³-hybridized carbons (Fsp3) is 0.538. The molecule has 1 aromatic rings. The van der Waals surface area contributed by atoms with E-state index in [-0.39, 0.29) is 4.87 Å². The Morgan fingerprint density at radius 3 is 2.31 bits per heavy atom. The number of methoxy groups -OCH3 is 1. The standard InChI is InChI=1S/C13H17ClO2/c1-8-5-11(15-4)9(2)10(3)12(8)13(14)6-16-7-13/h5H,6-7H2,1-4H3. The predicted molar refractivity (Wildman–Crippen MR) is 65.6 cm³/mol. The molecular weight excluding hydrogens is 224 g/mol. The maximum Gasteiger partial charge on any atom is 0.122 e. The summed E-state index contributed by atoms with van der Waals surface area (Å²) in [5.74, 6) is 0.930. The van der Waals surface area contributed by atoms with Crippen LogP contribution >= 0.6 is 11.6 Å². The van der Waals surface area contributed by atoms with E-state index < -0.39 is 0 Å². The molecule has 0 aromatic heterocycles. The molecule has 0 N–H and O–H groups in total. The number of rotatable bonds is 2. The van der Waals surface area contributed by atoms with Gasteiger partial charge in [-0.2, -0.15) is 0 Å². The van der Waals surface area contributed by atoms with Crippen LogP contribution in [0.3, 0.4) is 0 Å². The molecule has 2 nitrogen and oxygen atoms in total. The summed E-state index contributed by atoms with van der Waals surface area (Å²) in [7, 11) is 1.70. The van der Waals surface area contributed by atoms with E-state index in [4.69, 9.17) is 21.1 Å². The summed E-state index contributed by atoms with van der Waals surface area (Å²) in [5.41, 5.74) is 4.77.